The van der Waals surface area contributed by atoms with Crippen molar-refractivity contribution in [3.8, 4) is 0 Å². The van der Waals surface area contributed by atoms with E-state index in [1.807, 2.05) is 0 Å². The molecule has 0 aromatic heterocycles. The summed E-state index contributed by atoms with van der Waals surface area (Å²) in [6.07, 6.45) is 0.0809. The molecule has 84 valence electrons. The molecule has 1 aliphatic rings. The van der Waals surface area contributed by atoms with Gasteiger partial charge < -0.3 is 15.1 Å². The van der Waals surface area contributed by atoms with E-state index in [2.05, 4.69) is 0 Å². The predicted molar refractivity (Wildman–Crippen MR) is 53.2 cm³/mol. The van der Waals surface area contributed by atoms with Gasteiger partial charge in [-0.2, -0.15) is 0 Å². The second kappa shape index (κ2) is 4.44. The van der Waals surface area contributed by atoms with Gasteiger partial charge in [0.1, 0.15) is 0 Å². The van der Waals surface area contributed by atoms with Gasteiger partial charge in [-0.05, 0) is 20.3 Å². The maximum absolute atomic E-state index is 11.7. The molecule has 2 N–H and O–H groups in total. The Balaban J connectivity index is 2.77. The molecule has 0 aromatic rings. The maximum atomic E-state index is 11.7. The SMILES string of the molecule is C/C(C(=O)O)=C(\C)C(=O)N1CC[C@@H](O)C1. The number of carboxylic acids is 1. The predicted octanol–water partition coefficient (Wildman–Crippen LogP) is 0.000600. The van der Waals surface area contributed by atoms with Crippen molar-refractivity contribution in [2.75, 3.05) is 13.1 Å². The highest BCUT2D eigenvalue weighted by Gasteiger charge is 2.26. The van der Waals surface area contributed by atoms with Crippen molar-refractivity contribution in [1.29, 1.82) is 0 Å². The van der Waals surface area contributed by atoms with E-state index < -0.39 is 12.1 Å². The maximum Gasteiger partial charge on any atom is 0.331 e. The quantitative estimate of drug-likeness (QED) is 0.633. The van der Waals surface area contributed by atoms with Crippen molar-refractivity contribution >= 4 is 11.9 Å². The highest BCUT2D eigenvalue weighted by Crippen LogP contribution is 2.14. The number of β-amino-alcohol motifs (C(OH)–C–C–N with tert-alkyl or cyclic N) is 1. The van der Waals surface area contributed by atoms with E-state index >= 15 is 0 Å². The second-order valence-electron chi connectivity index (χ2n) is 3.75. The first-order valence-electron chi connectivity index (χ1n) is 4.81. The smallest absolute Gasteiger partial charge is 0.331 e. The Bertz CT molecular complexity index is 321. The number of nitrogens with zero attached hydrogens (tertiary/aromatic N) is 1. The number of hydrogen-bond donors (Lipinski definition) is 2. The van der Waals surface area contributed by atoms with E-state index in [1.54, 1.807) is 0 Å². The van der Waals surface area contributed by atoms with Crippen molar-refractivity contribution < 1.29 is 19.8 Å². The van der Waals surface area contributed by atoms with E-state index in [4.69, 9.17) is 5.11 Å². The molecule has 0 unspecified atom stereocenters. The molecule has 0 bridgehead atoms. The van der Waals surface area contributed by atoms with Crippen LogP contribution in [0, 0.1) is 0 Å². The molecular weight excluding hydrogens is 198 g/mol. The third-order valence-electron chi connectivity index (χ3n) is 2.65. The lowest BCUT2D eigenvalue weighted by atomic mass is 10.1. The van der Waals surface area contributed by atoms with Crippen LogP contribution in [0.4, 0.5) is 0 Å². The van der Waals surface area contributed by atoms with E-state index in [0.717, 1.165) is 0 Å². The molecule has 0 saturated carbocycles. The fourth-order valence-electron chi connectivity index (χ4n) is 1.48. The van der Waals surface area contributed by atoms with Gasteiger partial charge in [0.2, 0.25) is 5.91 Å². The van der Waals surface area contributed by atoms with Gasteiger partial charge in [0, 0.05) is 24.2 Å². The Morgan fingerprint density at radius 3 is 2.27 bits per heavy atom. The Morgan fingerprint density at radius 2 is 1.87 bits per heavy atom. The molecular formula is C10H15NO4. The number of aliphatic carboxylic acids is 1. The largest absolute Gasteiger partial charge is 0.478 e. The van der Waals surface area contributed by atoms with Gasteiger partial charge in [0.25, 0.3) is 0 Å². The second-order valence-corrected chi connectivity index (χ2v) is 3.75. The van der Waals surface area contributed by atoms with Crippen LogP contribution in [-0.4, -0.2) is 46.2 Å². The number of aliphatic hydroxyl groups excluding tert-OH is 1. The van der Waals surface area contributed by atoms with Crippen LogP contribution in [0.5, 0.6) is 0 Å². The van der Waals surface area contributed by atoms with E-state index in [0.29, 0.717) is 19.5 Å². The zero-order chi connectivity index (χ0) is 11.6. The Kier molecular flexibility index (Phi) is 3.47. The molecule has 0 aromatic carbocycles. The highest BCUT2D eigenvalue weighted by atomic mass is 16.4. The van der Waals surface area contributed by atoms with Crippen LogP contribution in [0.15, 0.2) is 11.1 Å². The molecule has 0 spiro atoms. The molecule has 5 nitrogen and oxygen atoms in total. The van der Waals surface area contributed by atoms with Gasteiger partial charge in [0.15, 0.2) is 0 Å². The molecule has 0 radical (unpaired) electrons. The summed E-state index contributed by atoms with van der Waals surface area (Å²) in [7, 11) is 0. The Labute approximate surface area is 88.0 Å². The minimum Gasteiger partial charge on any atom is -0.478 e. The summed E-state index contributed by atoms with van der Waals surface area (Å²) in [6, 6.07) is 0. The molecule has 15 heavy (non-hydrogen) atoms. The third kappa shape index (κ3) is 2.56. The number of rotatable bonds is 2. The fraction of sp³-hybridized carbons (Fsp3) is 0.600. The number of likely N-dealkylation sites (tertiary alicyclic amines) is 1. The normalized spacial score (nSPS) is 22.6. The summed E-state index contributed by atoms with van der Waals surface area (Å²) in [5, 5.41) is 18.0. The molecule has 1 saturated heterocycles. The van der Waals surface area contributed by atoms with Crippen molar-refractivity contribution in [2.24, 2.45) is 0 Å². The Hall–Kier alpha value is -1.36. The average Bonchev–Trinajstić information content (AvgIpc) is 2.61. The highest BCUT2D eigenvalue weighted by molar-refractivity contribution is 6.01. The van der Waals surface area contributed by atoms with E-state index in [1.165, 1.54) is 18.7 Å². The first-order valence-corrected chi connectivity index (χ1v) is 4.81. The van der Waals surface area contributed by atoms with Gasteiger partial charge in [0.05, 0.1) is 6.10 Å². The summed E-state index contributed by atoms with van der Waals surface area (Å²) in [5.41, 5.74) is 0.290. The first kappa shape index (κ1) is 11.7. The molecule has 1 heterocycles. The molecule has 5 heteroatoms. The zero-order valence-electron chi connectivity index (χ0n) is 8.86. The van der Waals surface area contributed by atoms with Crippen LogP contribution >= 0.6 is 0 Å². The number of amides is 1. The van der Waals surface area contributed by atoms with Gasteiger partial charge in [-0.15, -0.1) is 0 Å². The van der Waals surface area contributed by atoms with E-state index in [-0.39, 0.29) is 17.1 Å². The number of carbonyl (C=O) groups excluding carboxylic acids is 1. The number of carbonyl (C=O) groups is 2. The lowest BCUT2D eigenvalue weighted by Crippen LogP contribution is -2.31. The van der Waals surface area contributed by atoms with Gasteiger partial charge in [-0.25, -0.2) is 4.79 Å². The summed E-state index contributed by atoms with van der Waals surface area (Å²) < 4.78 is 0. The number of carboxylic acid groups (broad SMARTS) is 1. The monoisotopic (exact) mass is 213 g/mol. The summed E-state index contributed by atoms with van der Waals surface area (Å²) >= 11 is 0. The van der Waals surface area contributed by atoms with Crippen molar-refractivity contribution in [2.45, 2.75) is 26.4 Å². The van der Waals surface area contributed by atoms with Crippen LogP contribution in [0.3, 0.4) is 0 Å². The summed E-state index contributed by atoms with van der Waals surface area (Å²) in [5.74, 6) is -1.38. The molecule has 1 fully saturated rings. The van der Waals surface area contributed by atoms with Crippen molar-refractivity contribution in [3.63, 3.8) is 0 Å². The zero-order valence-corrected chi connectivity index (χ0v) is 8.86. The minimum atomic E-state index is -1.08. The van der Waals surface area contributed by atoms with Crippen LogP contribution in [-0.2, 0) is 9.59 Å². The van der Waals surface area contributed by atoms with Gasteiger partial charge in [-0.1, -0.05) is 0 Å². The lowest BCUT2D eigenvalue weighted by Gasteiger charge is -2.16. The third-order valence-corrected chi connectivity index (χ3v) is 2.65. The molecule has 1 atom stereocenters. The van der Waals surface area contributed by atoms with Crippen LogP contribution in [0.2, 0.25) is 0 Å². The van der Waals surface area contributed by atoms with Crippen LogP contribution < -0.4 is 0 Å². The van der Waals surface area contributed by atoms with Crippen molar-refractivity contribution in [1.82, 2.24) is 4.90 Å². The average molecular weight is 213 g/mol. The number of aliphatic hydroxyl groups is 1. The molecule has 1 aliphatic heterocycles. The van der Waals surface area contributed by atoms with Gasteiger partial charge >= 0.3 is 5.97 Å². The molecule has 0 aliphatic carbocycles. The Morgan fingerprint density at radius 1 is 1.27 bits per heavy atom. The number of hydrogen-bond acceptors (Lipinski definition) is 3. The molecule has 1 amide bonds. The van der Waals surface area contributed by atoms with Gasteiger partial charge in [-0.3, -0.25) is 4.79 Å². The van der Waals surface area contributed by atoms with Crippen LogP contribution in [0.1, 0.15) is 20.3 Å². The summed E-state index contributed by atoms with van der Waals surface area (Å²) in [4.78, 5) is 23.9. The topological polar surface area (TPSA) is 77.8 Å². The molecule has 1 rings (SSSR count). The van der Waals surface area contributed by atoms with Crippen LogP contribution in [0.25, 0.3) is 0 Å². The summed E-state index contributed by atoms with van der Waals surface area (Å²) in [6.45, 7) is 3.69. The fourth-order valence-corrected chi connectivity index (χ4v) is 1.48. The first-order chi connectivity index (χ1) is 6.93. The van der Waals surface area contributed by atoms with Crippen molar-refractivity contribution in [3.05, 3.63) is 11.1 Å². The lowest BCUT2D eigenvalue weighted by molar-refractivity contribution is -0.133. The standard InChI is InChI=1S/C10H15NO4/c1-6(7(2)10(14)15)9(13)11-4-3-8(12)5-11/h8,12H,3-5H2,1-2H3,(H,14,15)/b7-6-/t8-/m1/s1. The minimum absolute atomic E-state index is 0.0568. The van der Waals surface area contributed by atoms with E-state index in [9.17, 15) is 14.7 Å².